The number of benzene rings is 1. The molecule has 1 atom stereocenters. The first-order chi connectivity index (χ1) is 9.15. The lowest BCUT2D eigenvalue weighted by atomic mass is 10.2. The van der Waals surface area contributed by atoms with Crippen LogP contribution in [0.25, 0.3) is 0 Å². The van der Waals surface area contributed by atoms with Gasteiger partial charge in [-0.2, -0.15) is 0 Å². The molecule has 104 valence electrons. The summed E-state index contributed by atoms with van der Waals surface area (Å²) < 4.78 is 16.5. The van der Waals surface area contributed by atoms with Crippen molar-refractivity contribution in [2.75, 3.05) is 26.1 Å². The van der Waals surface area contributed by atoms with E-state index in [0.717, 1.165) is 17.3 Å². The van der Waals surface area contributed by atoms with Gasteiger partial charge >= 0.3 is 0 Å². The van der Waals surface area contributed by atoms with E-state index in [1.165, 1.54) is 0 Å². The molecule has 0 radical (unpaired) electrons. The molecular formula is C13H16BrNO4. The summed E-state index contributed by atoms with van der Waals surface area (Å²) in [6.45, 7) is 0.644. The van der Waals surface area contributed by atoms with Crippen LogP contribution in [0, 0.1) is 0 Å². The number of hydrogen-bond acceptors (Lipinski definition) is 4. The van der Waals surface area contributed by atoms with Crippen LogP contribution in [0.4, 0.5) is 5.69 Å². The van der Waals surface area contributed by atoms with Gasteiger partial charge in [-0.15, -0.1) is 0 Å². The van der Waals surface area contributed by atoms with Gasteiger partial charge in [-0.1, -0.05) is 0 Å². The van der Waals surface area contributed by atoms with Crippen LogP contribution in [0.1, 0.15) is 12.8 Å². The minimum Gasteiger partial charge on any atom is -0.493 e. The SMILES string of the molecule is COc1cc(Br)c(NC(=O)C2CCCO2)cc1OC. The van der Waals surface area contributed by atoms with Crippen molar-refractivity contribution in [3.8, 4) is 11.5 Å². The standard InChI is InChI=1S/C13H16BrNO4/c1-17-11-6-8(14)9(7-12(11)18-2)15-13(16)10-4-3-5-19-10/h6-7,10H,3-5H2,1-2H3,(H,15,16). The second kappa shape index (κ2) is 6.25. The van der Waals surface area contributed by atoms with Gasteiger partial charge in [0.05, 0.1) is 19.9 Å². The van der Waals surface area contributed by atoms with Crippen LogP contribution < -0.4 is 14.8 Å². The molecule has 1 N–H and O–H groups in total. The highest BCUT2D eigenvalue weighted by atomic mass is 79.9. The highest BCUT2D eigenvalue weighted by molar-refractivity contribution is 9.10. The fourth-order valence-electron chi connectivity index (χ4n) is 1.95. The maximum atomic E-state index is 12.0. The molecule has 1 saturated heterocycles. The minimum absolute atomic E-state index is 0.134. The number of rotatable bonds is 4. The third-order valence-electron chi connectivity index (χ3n) is 2.95. The molecule has 0 aromatic heterocycles. The molecule has 1 fully saturated rings. The average molecular weight is 330 g/mol. The third kappa shape index (κ3) is 3.19. The monoisotopic (exact) mass is 329 g/mol. The number of amides is 1. The average Bonchev–Trinajstić information content (AvgIpc) is 2.94. The third-order valence-corrected chi connectivity index (χ3v) is 3.61. The molecule has 1 aromatic carbocycles. The highest BCUT2D eigenvalue weighted by Gasteiger charge is 2.24. The summed E-state index contributed by atoms with van der Waals surface area (Å²) in [7, 11) is 3.12. The smallest absolute Gasteiger partial charge is 0.253 e. The van der Waals surface area contributed by atoms with Gasteiger partial charge in [0.1, 0.15) is 6.10 Å². The van der Waals surface area contributed by atoms with Crippen molar-refractivity contribution in [3.05, 3.63) is 16.6 Å². The normalized spacial score (nSPS) is 18.2. The Labute approximate surface area is 120 Å². The summed E-state index contributed by atoms with van der Waals surface area (Å²) in [6, 6.07) is 3.47. The molecule has 1 heterocycles. The Balaban J connectivity index is 2.17. The molecular weight excluding hydrogens is 314 g/mol. The summed E-state index contributed by atoms with van der Waals surface area (Å²) in [5.74, 6) is 1.03. The largest absolute Gasteiger partial charge is 0.493 e. The Morgan fingerprint density at radius 1 is 1.37 bits per heavy atom. The van der Waals surface area contributed by atoms with Crippen molar-refractivity contribution < 1.29 is 19.0 Å². The molecule has 6 heteroatoms. The fraction of sp³-hybridized carbons (Fsp3) is 0.462. The first-order valence-electron chi connectivity index (χ1n) is 5.99. The maximum Gasteiger partial charge on any atom is 0.253 e. The summed E-state index contributed by atoms with van der Waals surface area (Å²) >= 11 is 3.40. The van der Waals surface area contributed by atoms with Gasteiger partial charge in [0.25, 0.3) is 5.91 Å². The summed E-state index contributed by atoms with van der Waals surface area (Å²) in [5.41, 5.74) is 0.637. The van der Waals surface area contributed by atoms with Gasteiger partial charge in [0.2, 0.25) is 0 Å². The summed E-state index contributed by atoms with van der Waals surface area (Å²) in [6.07, 6.45) is 1.32. The van der Waals surface area contributed by atoms with Crippen LogP contribution in [0.2, 0.25) is 0 Å². The minimum atomic E-state index is -0.361. The molecule has 2 rings (SSSR count). The van der Waals surface area contributed by atoms with Crippen LogP contribution in [0.5, 0.6) is 11.5 Å². The molecule has 0 bridgehead atoms. The number of nitrogens with one attached hydrogen (secondary N) is 1. The van der Waals surface area contributed by atoms with E-state index in [1.807, 2.05) is 0 Å². The van der Waals surface area contributed by atoms with E-state index in [0.29, 0.717) is 23.8 Å². The van der Waals surface area contributed by atoms with Crippen LogP contribution in [-0.2, 0) is 9.53 Å². The number of hydrogen-bond donors (Lipinski definition) is 1. The summed E-state index contributed by atoms with van der Waals surface area (Å²) in [5, 5.41) is 2.83. The quantitative estimate of drug-likeness (QED) is 0.922. The maximum absolute atomic E-state index is 12.0. The van der Waals surface area contributed by atoms with E-state index in [9.17, 15) is 4.79 Å². The van der Waals surface area contributed by atoms with E-state index in [1.54, 1.807) is 26.4 Å². The molecule has 1 aromatic rings. The zero-order valence-corrected chi connectivity index (χ0v) is 12.5. The molecule has 1 unspecified atom stereocenters. The fourth-order valence-corrected chi connectivity index (χ4v) is 2.37. The van der Waals surface area contributed by atoms with E-state index in [2.05, 4.69) is 21.2 Å². The van der Waals surface area contributed by atoms with Gasteiger partial charge in [0.15, 0.2) is 11.5 Å². The molecule has 0 spiro atoms. The van der Waals surface area contributed by atoms with Crippen LogP contribution >= 0.6 is 15.9 Å². The van der Waals surface area contributed by atoms with E-state index < -0.39 is 0 Å². The van der Waals surface area contributed by atoms with Gasteiger partial charge in [0, 0.05) is 23.2 Å². The first kappa shape index (κ1) is 14.1. The lowest BCUT2D eigenvalue weighted by molar-refractivity contribution is -0.124. The van der Waals surface area contributed by atoms with Crippen molar-refractivity contribution >= 4 is 27.5 Å². The molecule has 19 heavy (non-hydrogen) atoms. The Kier molecular flexibility index (Phi) is 4.66. The second-order valence-corrected chi connectivity index (χ2v) is 5.03. The van der Waals surface area contributed by atoms with Gasteiger partial charge in [-0.05, 0) is 28.8 Å². The Hall–Kier alpha value is -1.27. The molecule has 5 nitrogen and oxygen atoms in total. The van der Waals surface area contributed by atoms with Crippen molar-refractivity contribution in [2.45, 2.75) is 18.9 Å². The number of carbonyl (C=O) groups is 1. The van der Waals surface area contributed by atoms with Crippen molar-refractivity contribution in [1.82, 2.24) is 0 Å². The zero-order valence-electron chi connectivity index (χ0n) is 10.9. The Morgan fingerprint density at radius 2 is 2.05 bits per heavy atom. The topological polar surface area (TPSA) is 56.8 Å². The second-order valence-electron chi connectivity index (χ2n) is 4.18. The molecule has 0 aliphatic carbocycles. The van der Waals surface area contributed by atoms with Crippen molar-refractivity contribution in [2.24, 2.45) is 0 Å². The number of halogens is 1. The molecule has 1 amide bonds. The molecule has 1 aliphatic heterocycles. The van der Waals surface area contributed by atoms with Crippen LogP contribution in [0.15, 0.2) is 16.6 Å². The first-order valence-corrected chi connectivity index (χ1v) is 6.79. The lowest BCUT2D eigenvalue weighted by Gasteiger charge is -2.14. The predicted octanol–water partition coefficient (Wildman–Crippen LogP) is 2.58. The number of carbonyl (C=O) groups excluding carboxylic acids is 1. The van der Waals surface area contributed by atoms with E-state index in [4.69, 9.17) is 14.2 Å². The van der Waals surface area contributed by atoms with Crippen molar-refractivity contribution in [1.29, 1.82) is 0 Å². The number of anilines is 1. The van der Waals surface area contributed by atoms with E-state index >= 15 is 0 Å². The number of ether oxygens (including phenoxy) is 3. The molecule has 1 aliphatic rings. The Morgan fingerprint density at radius 3 is 2.63 bits per heavy atom. The van der Waals surface area contributed by atoms with Gasteiger partial charge in [-0.3, -0.25) is 4.79 Å². The van der Waals surface area contributed by atoms with E-state index in [-0.39, 0.29) is 12.0 Å². The predicted molar refractivity (Wildman–Crippen MR) is 74.8 cm³/mol. The Bertz CT molecular complexity index is 472. The number of methoxy groups -OCH3 is 2. The lowest BCUT2D eigenvalue weighted by Crippen LogP contribution is -2.27. The zero-order chi connectivity index (χ0) is 13.8. The van der Waals surface area contributed by atoms with Crippen LogP contribution in [0.3, 0.4) is 0 Å². The van der Waals surface area contributed by atoms with Gasteiger partial charge in [-0.25, -0.2) is 0 Å². The highest BCUT2D eigenvalue weighted by Crippen LogP contribution is 2.36. The van der Waals surface area contributed by atoms with Gasteiger partial charge < -0.3 is 19.5 Å². The van der Waals surface area contributed by atoms with Crippen LogP contribution in [-0.4, -0.2) is 32.8 Å². The molecule has 0 saturated carbocycles. The van der Waals surface area contributed by atoms with Crippen molar-refractivity contribution in [3.63, 3.8) is 0 Å². The summed E-state index contributed by atoms with van der Waals surface area (Å²) in [4.78, 5) is 12.0.